The van der Waals surface area contributed by atoms with Gasteiger partial charge in [0.15, 0.2) is 0 Å². The number of fused-ring (bicyclic) bond motifs is 1. The van der Waals surface area contributed by atoms with E-state index in [0.717, 1.165) is 9.78 Å². The molecule has 1 aromatic heterocycles. The van der Waals surface area contributed by atoms with Gasteiger partial charge in [-0.05, 0) is 30.0 Å². The summed E-state index contributed by atoms with van der Waals surface area (Å²) in [6, 6.07) is 7.37. The van der Waals surface area contributed by atoms with E-state index in [0.29, 0.717) is 6.54 Å². The molecule has 0 radical (unpaired) electrons. The fraction of sp³-hybridized carbons (Fsp3) is 0.318. The number of hydrogen-bond acceptors (Lipinski definition) is 6. The van der Waals surface area contributed by atoms with Crippen molar-refractivity contribution < 1.29 is 24.0 Å². The van der Waals surface area contributed by atoms with Crippen LogP contribution in [0.4, 0.5) is 0 Å². The minimum absolute atomic E-state index is 0.0105. The van der Waals surface area contributed by atoms with Crippen LogP contribution in [0.25, 0.3) is 0 Å². The second-order valence-electron chi connectivity index (χ2n) is 8.22. The number of thiophene rings is 1. The van der Waals surface area contributed by atoms with Gasteiger partial charge in [-0.1, -0.05) is 26.0 Å². The first-order chi connectivity index (χ1) is 14.7. The van der Waals surface area contributed by atoms with Crippen molar-refractivity contribution in [2.24, 2.45) is 0 Å². The molecule has 1 atom stereocenters. The van der Waals surface area contributed by atoms with Crippen molar-refractivity contribution in [2.45, 2.75) is 38.1 Å². The molecule has 0 saturated carbocycles. The summed E-state index contributed by atoms with van der Waals surface area (Å²) in [4.78, 5) is 64.6. The number of benzene rings is 1. The van der Waals surface area contributed by atoms with Crippen LogP contribution in [0.3, 0.4) is 0 Å². The van der Waals surface area contributed by atoms with E-state index in [-0.39, 0.29) is 34.9 Å². The maximum Gasteiger partial charge on any atom is 0.263 e. The summed E-state index contributed by atoms with van der Waals surface area (Å²) in [7, 11) is 0. The summed E-state index contributed by atoms with van der Waals surface area (Å²) in [6.07, 6.45) is 0.0988. The molecule has 31 heavy (non-hydrogen) atoms. The summed E-state index contributed by atoms with van der Waals surface area (Å²) in [6.45, 7) is 4.36. The predicted octanol–water partition coefficient (Wildman–Crippen LogP) is 1.86. The molecule has 2 aromatic rings. The molecule has 1 saturated heterocycles. The lowest BCUT2D eigenvalue weighted by atomic mass is 9.91. The SMILES string of the molecule is CC(C)(CNC(=O)c1cccc2c1C(=O)N(C1CCC(=O)NC1=O)C2=O)c1cccs1. The van der Waals surface area contributed by atoms with Crippen LogP contribution in [0.15, 0.2) is 35.7 Å². The third-order valence-corrected chi connectivity index (χ3v) is 6.83. The Morgan fingerprint density at radius 1 is 1.16 bits per heavy atom. The summed E-state index contributed by atoms with van der Waals surface area (Å²) in [5.74, 6) is -2.92. The number of nitrogens with zero attached hydrogens (tertiary/aromatic N) is 1. The second-order valence-corrected chi connectivity index (χ2v) is 9.17. The number of rotatable bonds is 5. The average molecular weight is 439 g/mol. The van der Waals surface area contributed by atoms with Gasteiger partial charge in [0.25, 0.3) is 17.7 Å². The summed E-state index contributed by atoms with van der Waals surface area (Å²) < 4.78 is 0. The topological polar surface area (TPSA) is 113 Å². The highest BCUT2D eigenvalue weighted by Gasteiger charge is 2.46. The van der Waals surface area contributed by atoms with E-state index in [9.17, 15) is 24.0 Å². The van der Waals surface area contributed by atoms with Gasteiger partial charge in [-0.3, -0.25) is 34.2 Å². The number of amides is 5. The van der Waals surface area contributed by atoms with Gasteiger partial charge in [0, 0.05) is 23.3 Å². The third-order valence-electron chi connectivity index (χ3n) is 5.59. The Morgan fingerprint density at radius 3 is 2.61 bits per heavy atom. The highest BCUT2D eigenvalue weighted by atomic mass is 32.1. The molecule has 0 bridgehead atoms. The monoisotopic (exact) mass is 439 g/mol. The Morgan fingerprint density at radius 2 is 1.94 bits per heavy atom. The van der Waals surface area contributed by atoms with Crippen LogP contribution >= 0.6 is 11.3 Å². The molecule has 9 heteroatoms. The van der Waals surface area contributed by atoms with Gasteiger partial charge in [0.1, 0.15) is 6.04 Å². The van der Waals surface area contributed by atoms with E-state index in [2.05, 4.69) is 10.6 Å². The first-order valence-electron chi connectivity index (χ1n) is 9.87. The summed E-state index contributed by atoms with van der Waals surface area (Å²) >= 11 is 1.60. The molecule has 2 aliphatic heterocycles. The highest BCUT2D eigenvalue weighted by Crippen LogP contribution is 2.30. The van der Waals surface area contributed by atoms with Gasteiger partial charge in [-0.2, -0.15) is 0 Å². The van der Waals surface area contributed by atoms with Crippen LogP contribution in [-0.4, -0.2) is 47.0 Å². The number of piperidine rings is 1. The Hall–Kier alpha value is -3.33. The molecular formula is C22H21N3O5S. The maximum atomic E-state index is 13.1. The van der Waals surface area contributed by atoms with Gasteiger partial charge in [0.05, 0.1) is 16.7 Å². The normalized spacial score (nSPS) is 18.8. The minimum Gasteiger partial charge on any atom is -0.351 e. The number of carbonyl (C=O) groups is 5. The summed E-state index contributed by atoms with van der Waals surface area (Å²) in [5, 5.41) is 6.99. The van der Waals surface area contributed by atoms with E-state index in [4.69, 9.17) is 0 Å². The Labute approximate surface area is 182 Å². The lowest BCUT2D eigenvalue weighted by Gasteiger charge is -2.27. The van der Waals surface area contributed by atoms with Gasteiger partial charge >= 0.3 is 0 Å². The molecular weight excluding hydrogens is 418 g/mol. The maximum absolute atomic E-state index is 13.1. The van der Waals surface area contributed by atoms with E-state index in [1.54, 1.807) is 11.3 Å². The molecule has 2 aliphatic rings. The van der Waals surface area contributed by atoms with E-state index >= 15 is 0 Å². The molecule has 4 rings (SSSR count). The van der Waals surface area contributed by atoms with Crippen LogP contribution < -0.4 is 10.6 Å². The molecule has 1 unspecified atom stereocenters. The quantitative estimate of drug-likeness (QED) is 0.691. The summed E-state index contributed by atoms with van der Waals surface area (Å²) in [5.41, 5.74) is -0.142. The van der Waals surface area contributed by atoms with Crippen molar-refractivity contribution in [1.82, 2.24) is 15.5 Å². The fourth-order valence-electron chi connectivity index (χ4n) is 3.85. The zero-order valence-corrected chi connectivity index (χ0v) is 17.9. The zero-order chi connectivity index (χ0) is 22.3. The third kappa shape index (κ3) is 3.65. The number of imide groups is 2. The zero-order valence-electron chi connectivity index (χ0n) is 17.1. The molecule has 0 aliphatic carbocycles. The lowest BCUT2D eigenvalue weighted by Crippen LogP contribution is -2.54. The molecule has 3 heterocycles. The Bertz CT molecular complexity index is 1110. The Balaban J connectivity index is 1.58. The standard InChI is InChI=1S/C22H21N3O5S/c1-22(2,15-7-4-10-31-15)11-23-18(27)12-5-3-6-13-17(12)21(30)25(20(13)29)14-8-9-16(26)24-19(14)28/h3-7,10,14H,8-9,11H2,1-2H3,(H,23,27)(H,24,26,28). The van der Waals surface area contributed by atoms with Crippen LogP contribution in [0.5, 0.6) is 0 Å². The van der Waals surface area contributed by atoms with Crippen molar-refractivity contribution in [3.05, 3.63) is 57.3 Å². The van der Waals surface area contributed by atoms with Crippen molar-refractivity contribution in [3.8, 4) is 0 Å². The van der Waals surface area contributed by atoms with Crippen LogP contribution in [0.2, 0.25) is 0 Å². The molecule has 160 valence electrons. The molecule has 0 spiro atoms. The van der Waals surface area contributed by atoms with Gasteiger partial charge < -0.3 is 5.32 Å². The smallest absolute Gasteiger partial charge is 0.263 e. The average Bonchev–Trinajstić information content (AvgIpc) is 3.36. The molecule has 8 nitrogen and oxygen atoms in total. The van der Waals surface area contributed by atoms with E-state index in [1.165, 1.54) is 18.2 Å². The van der Waals surface area contributed by atoms with Crippen molar-refractivity contribution in [1.29, 1.82) is 0 Å². The largest absolute Gasteiger partial charge is 0.351 e. The first kappa shape index (κ1) is 20.9. The van der Waals surface area contributed by atoms with Gasteiger partial charge in [0.2, 0.25) is 11.8 Å². The van der Waals surface area contributed by atoms with Crippen LogP contribution in [0, 0.1) is 0 Å². The number of nitrogens with one attached hydrogen (secondary N) is 2. The lowest BCUT2D eigenvalue weighted by molar-refractivity contribution is -0.136. The van der Waals surface area contributed by atoms with Crippen molar-refractivity contribution in [2.75, 3.05) is 6.54 Å². The van der Waals surface area contributed by atoms with Crippen LogP contribution in [0.1, 0.15) is 62.6 Å². The van der Waals surface area contributed by atoms with Gasteiger partial charge in [-0.15, -0.1) is 11.3 Å². The number of hydrogen-bond donors (Lipinski definition) is 2. The molecule has 1 aromatic carbocycles. The number of carbonyl (C=O) groups excluding carboxylic acids is 5. The molecule has 2 N–H and O–H groups in total. The minimum atomic E-state index is -1.07. The highest BCUT2D eigenvalue weighted by molar-refractivity contribution is 7.10. The molecule has 5 amide bonds. The Kier molecular flexibility index (Phi) is 5.22. The first-order valence-corrected chi connectivity index (χ1v) is 10.8. The van der Waals surface area contributed by atoms with Crippen molar-refractivity contribution in [3.63, 3.8) is 0 Å². The predicted molar refractivity (Wildman–Crippen MR) is 113 cm³/mol. The van der Waals surface area contributed by atoms with E-state index in [1.807, 2.05) is 31.4 Å². The fourth-order valence-corrected chi connectivity index (χ4v) is 4.70. The van der Waals surface area contributed by atoms with Gasteiger partial charge in [-0.25, -0.2) is 0 Å². The van der Waals surface area contributed by atoms with Crippen LogP contribution in [-0.2, 0) is 15.0 Å². The van der Waals surface area contributed by atoms with E-state index < -0.39 is 35.6 Å². The molecule has 1 fully saturated rings. The second kappa shape index (κ2) is 7.73. The van der Waals surface area contributed by atoms with Crippen molar-refractivity contribution >= 4 is 40.9 Å².